The predicted molar refractivity (Wildman–Crippen MR) is 69.5 cm³/mol. The minimum atomic E-state index is -4.19. The van der Waals surface area contributed by atoms with Gasteiger partial charge in [-0.15, -0.1) is 0 Å². The second-order valence-electron chi connectivity index (χ2n) is 5.04. The molecule has 0 aliphatic carbocycles. The summed E-state index contributed by atoms with van der Waals surface area (Å²) >= 11 is 0. The molecule has 0 amide bonds. The molecule has 0 radical (unpaired) electrons. The first-order valence-electron chi connectivity index (χ1n) is 6.12. The molecule has 5 nitrogen and oxygen atoms in total. The largest absolute Gasteiger partial charge is 0.399 e. The first-order chi connectivity index (χ1) is 9.23. The second kappa shape index (κ2) is 5.27. The maximum atomic E-state index is 13.6. The number of nitrogen functional groups attached to an aromatic ring is 1. The van der Waals surface area contributed by atoms with E-state index in [1.165, 1.54) is 0 Å². The van der Waals surface area contributed by atoms with Gasteiger partial charge in [-0.3, -0.25) is 0 Å². The van der Waals surface area contributed by atoms with Crippen LogP contribution in [-0.2, 0) is 14.8 Å². The van der Waals surface area contributed by atoms with Crippen molar-refractivity contribution < 1.29 is 21.9 Å². The maximum absolute atomic E-state index is 13.6. The van der Waals surface area contributed by atoms with Crippen LogP contribution in [0.5, 0.6) is 0 Å². The number of benzene rings is 1. The molecule has 0 spiro atoms. The van der Waals surface area contributed by atoms with Gasteiger partial charge < -0.3 is 10.5 Å². The van der Waals surface area contributed by atoms with Crippen molar-refractivity contribution in [3.05, 3.63) is 23.8 Å². The Morgan fingerprint density at radius 2 is 2.15 bits per heavy atom. The van der Waals surface area contributed by atoms with E-state index in [9.17, 15) is 17.2 Å². The molecule has 2 rings (SSSR count). The summed E-state index contributed by atoms with van der Waals surface area (Å²) in [5.41, 5.74) is 4.56. The Bertz CT molecular complexity index is 613. The number of nitrogens with two attached hydrogens (primary N) is 1. The molecule has 112 valence electrons. The average molecular weight is 306 g/mol. The minimum Gasteiger partial charge on any atom is -0.399 e. The van der Waals surface area contributed by atoms with Gasteiger partial charge in [0.2, 0.25) is 10.0 Å². The van der Waals surface area contributed by atoms with Crippen molar-refractivity contribution in [2.24, 2.45) is 0 Å². The highest BCUT2D eigenvalue weighted by atomic mass is 32.2. The van der Waals surface area contributed by atoms with E-state index >= 15 is 0 Å². The van der Waals surface area contributed by atoms with E-state index < -0.39 is 32.2 Å². The Morgan fingerprint density at radius 3 is 2.75 bits per heavy atom. The molecule has 1 aliphatic heterocycles. The van der Waals surface area contributed by atoms with Crippen LogP contribution in [0.3, 0.4) is 0 Å². The highest BCUT2D eigenvalue weighted by Gasteiger charge is 2.32. The molecule has 1 heterocycles. The molecule has 1 fully saturated rings. The highest BCUT2D eigenvalue weighted by molar-refractivity contribution is 7.89. The highest BCUT2D eigenvalue weighted by Crippen LogP contribution is 2.26. The smallest absolute Gasteiger partial charge is 0.243 e. The van der Waals surface area contributed by atoms with Gasteiger partial charge in [-0.2, -0.15) is 0 Å². The predicted octanol–water partition coefficient (Wildman–Crippen LogP) is 1.39. The van der Waals surface area contributed by atoms with Crippen molar-refractivity contribution in [2.45, 2.75) is 30.3 Å². The van der Waals surface area contributed by atoms with Crippen LogP contribution in [0, 0.1) is 11.6 Å². The first kappa shape index (κ1) is 15.1. The lowest BCUT2D eigenvalue weighted by atomic mass is 10.0. The van der Waals surface area contributed by atoms with E-state index in [4.69, 9.17) is 10.5 Å². The monoisotopic (exact) mass is 306 g/mol. The van der Waals surface area contributed by atoms with Gasteiger partial charge in [0.1, 0.15) is 4.90 Å². The molecule has 1 unspecified atom stereocenters. The summed E-state index contributed by atoms with van der Waals surface area (Å²) in [6, 6.07) is 1.62. The van der Waals surface area contributed by atoms with Gasteiger partial charge in [-0.25, -0.2) is 21.9 Å². The van der Waals surface area contributed by atoms with Crippen molar-refractivity contribution in [1.29, 1.82) is 0 Å². The third-order valence-corrected chi connectivity index (χ3v) is 4.64. The summed E-state index contributed by atoms with van der Waals surface area (Å²) in [4.78, 5) is -0.795. The van der Waals surface area contributed by atoms with Crippen LogP contribution in [0.25, 0.3) is 0 Å². The van der Waals surface area contributed by atoms with Gasteiger partial charge in [0, 0.05) is 18.8 Å². The van der Waals surface area contributed by atoms with E-state index in [-0.39, 0.29) is 12.2 Å². The van der Waals surface area contributed by atoms with Crippen LogP contribution in [-0.4, -0.2) is 27.2 Å². The SMILES string of the molecule is CC1(CNS(=O)(=O)c2cc(N)cc(F)c2F)CCCO1. The number of ether oxygens (including phenoxy) is 1. The first-order valence-corrected chi connectivity index (χ1v) is 7.60. The molecule has 1 atom stereocenters. The zero-order chi connectivity index (χ0) is 15.0. The summed E-state index contributed by atoms with van der Waals surface area (Å²) in [6.45, 7) is 2.31. The van der Waals surface area contributed by atoms with Crippen LogP contribution in [0.2, 0.25) is 0 Å². The van der Waals surface area contributed by atoms with Gasteiger partial charge in [0.15, 0.2) is 11.6 Å². The Morgan fingerprint density at radius 1 is 1.45 bits per heavy atom. The number of hydrogen-bond donors (Lipinski definition) is 2. The fourth-order valence-corrected chi connectivity index (χ4v) is 3.36. The molecule has 0 aromatic heterocycles. The van der Waals surface area contributed by atoms with Crippen LogP contribution in [0.4, 0.5) is 14.5 Å². The molecule has 3 N–H and O–H groups in total. The van der Waals surface area contributed by atoms with Crippen LogP contribution >= 0.6 is 0 Å². The van der Waals surface area contributed by atoms with Crippen molar-refractivity contribution in [1.82, 2.24) is 4.72 Å². The third kappa shape index (κ3) is 3.08. The zero-order valence-electron chi connectivity index (χ0n) is 10.9. The quantitative estimate of drug-likeness (QED) is 0.824. The number of sulfonamides is 1. The molecular formula is C12H16F2N2O3S. The molecular weight excluding hydrogens is 290 g/mol. The number of anilines is 1. The van der Waals surface area contributed by atoms with Crippen LogP contribution < -0.4 is 10.5 Å². The summed E-state index contributed by atoms with van der Waals surface area (Å²) < 4.78 is 58.5. The van der Waals surface area contributed by atoms with Gasteiger partial charge >= 0.3 is 0 Å². The summed E-state index contributed by atoms with van der Waals surface area (Å²) in [7, 11) is -4.19. The zero-order valence-corrected chi connectivity index (χ0v) is 11.8. The van der Waals surface area contributed by atoms with Crippen molar-refractivity contribution in [3.8, 4) is 0 Å². The van der Waals surface area contributed by atoms with E-state index in [0.29, 0.717) is 13.0 Å². The van der Waals surface area contributed by atoms with E-state index in [1.807, 2.05) is 0 Å². The Labute approximate surface area is 116 Å². The Hall–Kier alpha value is -1.25. The van der Waals surface area contributed by atoms with Gasteiger partial charge in [-0.05, 0) is 31.9 Å². The van der Waals surface area contributed by atoms with Gasteiger partial charge in [-0.1, -0.05) is 0 Å². The van der Waals surface area contributed by atoms with E-state index in [0.717, 1.165) is 18.6 Å². The van der Waals surface area contributed by atoms with Crippen molar-refractivity contribution >= 4 is 15.7 Å². The standard InChI is InChI=1S/C12H16F2N2O3S/c1-12(3-2-4-19-12)7-16-20(17,18)10-6-8(15)5-9(13)11(10)14/h5-6,16H,2-4,7,15H2,1H3. The number of hydrogen-bond acceptors (Lipinski definition) is 4. The molecule has 0 saturated carbocycles. The maximum Gasteiger partial charge on any atom is 0.243 e. The molecule has 20 heavy (non-hydrogen) atoms. The third-order valence-electron chi connectivity index (χ3n) is 3.24. The summed E-state index contributed by atoms with van der Waals surface area (Å²) in [5.74, 6) is -2.74. The average Bonchev–Trinajstić information content (AvgIpc) is 2.79. The lowest BCUT2D eigenvalue weighted by Crippen LogP contribution is -2.40. The number of nitrogens with one attached hydrogen (secondary N) is 1. The molecule has 8 heteroatoms. The number of rotatable bonds is 4. The van der Waals surface area contributed by atoms with Crippen molar-refractivity contribution in [2.75, 3.05) is 18.9 Å². The van der Waals surface area contributed by atoms with Crippen LogP contribution in [0.15, 0.2) is 17.0 Å². The normalized spacial score (nSPS) is 23.1. The topological polar surface area (TPSA) is 81.4 Å². The molecule has 0 bridgehead atoms. The Balaban J connectivity index is 2.22. The fourth-order valence-electron chi connectivity index (χ4n) is 2.08. The molecule has 1 aromatic rings. The number of halogens is 2. The Kier molecular flexibility index (Phi) is 3.99. The molecule has 1 aromatic carbocycles. The van der Waals surface area contributed by atoms with E-state index in [1.54, 1.807) is 6.92 Å². The lowest BCUT2D eigenvalue weighted by Gasteiger charge is -2.23. The van der Waals surface area contributed by atoms with E-state index in [2.05, 4.69) is 4.72 Å². The van der Waals surface area contributed by atoms with Gasteiger partial charge in [0.05, 0.1) is 5.60 Å². The fraction of sp³-hybridized carbons (Fsp3) is 0.500. The minimum absolute atomic E-state index is 0.00874. The molecule has 1 aliphatic rings. The van der Waals surface area contributed by atoms with Crippen molar-refractivity contribution in [3.63, 3.8) is 0 Å². The lowest BCUT2D eigenvalue weighted by molar-refractivity contribution is 0.0250. The summed E-state index contributed by atoms with van der Waals surface area (Å²) in [6.07, 6.45) is 1.53. The van der Waals surface area contributed by atoms with Crippen LogP contribution in [0.1, 0.15) is 19.8 Å². The second-order valence-corrected chi connectivity index (χ2v) is 6.78. The summed E-state index contributed by atoms with van der Waals surface area (Å²) in [5, 5.41) is 0. The van der Waals surface area contributed by atoms with Gasteiger partial charge in [0.25, 0.3) is 0 Å². The molecule has 1 saturated heterocycles.